The van der Waals surface area contributed by atoms with Crippen LogP contribution in [-0.2, 0) is 19.1 Å². The number of aromatic amines is 1. The number of aromatic nitrogens is 2. The molecule has 0 aliphatic rings. The van der Waals surface area contributed by atoms with E-state index in [0.717, 1.165) is 63.7 Å². The van der Waals surface area contributed by atoms with Gasteiger partial charge >= 0.3 is 11.9 Å². The number of unbranched alkanes of at least 4 members (excludes halogenated alkanes) is 13. The van der Waals surface area contributed by atoms with Crippen molar-refractivity contribution >= 4 is 36.1 Å². The molecule has 0 saturated heterocycles. The van der Waals surface area contributed by atoms with E-state index in [0.29, 0.717) is 19.0 Å². The monoisotopic (exact) mass is 757 g/mol. The number of H-pyrrole nitrogens is 1. The minimum Gasteiger partial charge on any atom is -0.478 e. The molecule has 8 heteroatoms. The number of imidazole rings is 1. The van der Waals surface area contributed by atoms with E-state index in [1.165, 1.54) is 83.1 Å². The van der Waals surface area contributed by atoms with E-state index >= 15 is 0 Å². The van der Waals surface area contributed by atoms with Gasteiger partial charge in [0.2, 0.25) is 5.91 Å². The maximum atomic E-state index is 12.5. The van der Waals surface area contributed by atoms with Gasteiger partial charge in [0, 0.05) is 41.5 Å². The molecule has 0 saturated carbocycles. The number of nitrogens with zero attached hydrogens (tertiary/aromatic N) is 1. The lowest BCUT2D eigenvalue weighted by atomic mass is 10.0. The van der Waals surface area contributed by atoms with Crippen LogP contribution in [0.2, 0.25) is 0 Å². The number of ether oxygens (including phenoxy) is 1. The molecule has 0 atom stereocenters. The van der Waals surface area contributed by atoms with Crippen molar-refractivity contribution in [2.75, 3.05) is 13.2 Å². The van der Waals surface area contributed by atoms with E-state index < -0.39 is 5.97 Å². The Morgan fingerprint density at radius 2 is 1.07 bits per heavy atom. The smallest absolute Gasteiger partial charge is 0.330 e. The second-order valence-electron chi connectivity index (χ2n) is 14.2. The highest BCUT2D eigenvalue weighted by molar-refractivity contribution is 5.92. The first kappa shape index (κ1) is 43.2. The Balaban J connectivity index is 1.31. The van der Waals surface area contributed by atoms with E-state index in [-0.39, 0.29) is 11.9 Å². The van der Waals surface area contributed by atoms with Gasteiger partial charge in [0.05, 0.1) is 18.0 Å². The fraction of sp³-hybridized carbons (Fsp3) is 0.375. The first-order valence-electron chi connectivity index (χ1n) is 20.5. The van der Waals surface area contributed by atoms with Crippen LogP contribution in [0.3, 0.4) is 0 Å². The Bertz CT molecular complexity index is 1870. The highest BCUT2D eigenvalue weighted by atomic mass is 16.5. The highest BCUT2D eigenvalue weighted by Crippen LogP contribution is 2.34. The maximum Gasteiger partial charge on any atom is 0.330 e. The lowest BCUT2D eigenvalue weighted by molar-refractivity contribution is -0.137. The van der Waals surface area contributed by atoms with Gasteiger partial charge in [-0.3, -0.25) is 4.79 Å². The minimum absolute atomic E-state index is 0.0895. The van der Waals surface area contributed by atoms with Gasteiger partial charge in [-0.15, -0.1) is 0 Å². The molecule has 0 radical (unpaired) electrons. The molecule has 3 aromatic carbocycles. The van der Waals surface area contributed by atoms with Crippen LogP contribution < -0.4 is 5.32 Å². The van der Waals surface area contributed by atoms with Crippen molar-refractivity contribution in [3.8, 4) is 33.9 Å². The molecule has 4 aromatic rings. The molecule has 56 heavy (non-hydrogen) atoms. The summed E-state index contributed by atoms with van der Waals surface area (Å²) >= 11 is 0. The molecule has 296 valence electrons. The first-order chi connectivity index (χ1) is 27.4. The third kappa shape index (κ3) is 15.7. The van der Waals surface area contributed by atoms with Crippen LogP contribution in [0.25, 0.3) is 52.1 Å². The van der Waals surface area contributed by atoms with Gasteiger partial charge in [-0.1, -0.05) is 163 Å². The number of amides is 1. The van der Waals surface area contributed by atoms with Gasteiger partial charge in [-0.2, -0.15) is 0 Å². The molecule has 0 unspecified atom stereocenters. The molecule has 8 nitrogen and oxygen atoms in total. The minimum atomic E-state index is -1.00. The Kier molecular flexibility index (Phi) is 19.2. The van der Waals surface area contributed by atoms with Crippen LogP contribution in [0.5, 0.6) is 0 Å². The number of carbonyl (C=O) groups excluding carboxylic acids is 2. The van der Waals surface area contributed by atoms with Gasteiger partial charge in [-0.25, -0.2) is 14.6 Å². The predicted molar refractivity (Wildman–Crippen MR) is 230 cm³/mol. The lowest BCUT2D eigenvalue weighted by Crippen LogP contribution is -2.21. The van der Waals surface area contributed by atoms with Crippen LogP contribution in [0, 0.1) is 0 Å². The number of rotatable bonds is 25. The quantitative estimate of drug-likeness (QED) is 0.0351. The number of nitrogens with one attached hydrogen (secondary N) is 2. The summed E-state index contributed by atoms with van der Waals surface area (Å²) in [5, 5.41) is 12.0. The zero-order valence-corrected chi connectivity index (χ0v) is 33.2. The fourth-order valence-corrected chi connectivity index (χ4v) is 6.48. The second kappa shape index (κ2) is 24.8. The van der Waals surface area contributed by atoms with Crippen LogP contribution in [0.4, 0.5) is 0 Å². The molecule has 3 N–H and O–H groups in total. The van der Waals surface area contributed by atoms with Crippen molar-refractivity contribution in [1.29, 1.82) is 0 Å². The second-order valence-corrected chi connectivity index (χ2v) is 14.2. The number of hydrogen-bond acceptors (Lipinski definition) is 5. The molecule has 0 spiro atoms. The summed E-state index contributed by atoms with van der Waals surface area (Å²) in [6, 6.07) is 23.2. The van der Waals surface area contributed by atoms with Crippen molar-refractivity contribution in [1.82, 2.24) is 15.3 Å². The lowest BCUT2D eigenvalue weighted by Gasteiger charge is -2.05. The highest BCUT2D eigenvalue weighted by Gasteiger charge is 2.16. The number of hydrogen-bond donors (Lipinski definition) is 3. The van der Waals surface area contributed by atoms with E-state index in [4.69, 9.17) is 14.8 Å². The van der Waals surface area contributed by atoms with E-state index in [2.05, 4.69) is 17.2 Å². The first-order valence-corrected chi connectivity index (χ1v) is 20.5. The summed E-state index contributed by atoms with van der Waals surface area (Å²) in [6.07, 6.45) is 27.5. The Hall–Kier alpha value is -5.50. The Labute approximate surface area is 333 Å². The van der Waals surface area contributed by atoms with Crippen LogP contribution in [-0.4, -0.2) is 46.1 Å². The van der Waals surface area contributed by atoms with Gasteiger partial charge in [-0.05, 0) is 48.3 Å². The predicted octanol–water partition coefficient (Wildman–Crippen LogP) is 11.7. The maximum absolute atomic E-state index is 12.5. The normalized spacial score (nSPS) is 11.5. The Morgan fingerprint density at radius 1 is 0.607 bits per heavy atom. The number of aliphatic carboxylic acids is 1. The SMILES string of the molecule is CCCCCCCCCCCCCCCCNC(=O)/C=C/c1ccc(-c2[nH]c(-c3ccc(/C=C/C(=O)OCC)cc3)nc2-c2ccc(/C=C/C(=O)O)cc2)cc1. The number of carboxylic acids is 1. The molecular formula is C48H59N3O5. The van der Waals surface area contributed by atoms with Crippen molar-refractivity contribution in [2.45, 2.75) is 104 Å². The summed E-state index contributed by atoms with van der Waals surface area (Å²) in [7, 11) is 0. The molecule has 0 aliphatic heterocycles. The van der Waals surface area contributed by atoms with Crippen molar-refractivity contribution in [3.63, 3.8) is 0 Å². The van der Waals surface area contributed by atoms with E-state index in [1.54, 1.807) is 25.2 Å². The molecular weight excluding hydrogens is 699 g/mol. The third-order valence-corrected chi connectivity index (χ3v) is 9.64. The largest absolute Gasteiger partial charge is 0.478 e. The zero-order valence-electron chi connectivity index (χ0n) is 33.2. The van der Waals surface area contributed by atoms with Gasteiger partial charge in [0.1, 0.15) is 5.82 Å². The van der Waals surface area contributed by atoms with Crippen LogP contribution in [0.1, 0.15) is 120 Å². The van der Waals surface area contributed by atoms with Crippen molar-refractivity contribution in [2.24, 2.45) is 0 Å². The van der Waals surface area contributed by atoms with E-state index in [1.807, 2.05) is 78.9 Å². The molecule has 1 aromatic heterocycles. The summed E-state index contributed by atoms with van der Waals surface area (Å²) in [4.78, 5) is 43.8. The molecule has 0 fully saturated rings. The summed E-state index contributed by atoms with van der Waals surface area (Å²) in [5.41, 5.74) is 6.73. The van der Waals surface area contributed by atoms with Crippen molar-refractivity contribution in [3.05, 3.63) is 108 Å². The molecule has 0 bridgehead atoms. The van der Waals surface area contributed by atoms with Crippen LogP contribution in [0.15, 0.2) is 91.0 Å². The summed E-state index contributed by atoms with van der Waals surface area (Å²) in [5.74, 6) is -0.810. The number of carboxylic acid groups (broad SMARTS) is 1. The number of benzene rings is 3. The Morgan fingerprint density at radius 3 is 1.59 bits per heavy atom. The fourth-order valence-electron chi connectivity index (χ4n) is 6.48. The summed E-state index contributed by atoms with van der Waals surface area (Å²) < 4.78 is 4.97. The average Bonchev–Trinajstić information content (AvgIpc) is 3.66. The molecule has 0 aliphatic carbocycles. The van der Waals surface area contributed by atoms with Gasteiger partial charge in [0.25, 0.3) is 0 Å². The van der Waals surface area contributed by atoms with E-state index in [9.17, 15) is 14.4 Å². The third-order valence-electron chi connectivity index (χ3n) is 9.64. The van der Waals surface area contributed by atoms with Gasteiger partial charge in [0.15, 0.2) is 0 Å². The number of esters is 1. The standard InChI is InChI=1S/C48H59N3O5/c1-3-5-6-7-8-9-10-11-12-13-14-15-16-17-36-49-43(52)33-24-37-18-27-40(28-19-37)46-47(41-29-20-38(21-30-41)25-34-44(53)54)51-48(50-46)42-31-22-39(23-32-42)26-35-45(55)56-4-2/h18-35H,3-17,36H2,1-2H3,(H,49,52)(H,50,51)(H,53,54)/b33-24+,34-25+,35-26+. The molecule has 1 amide bonds. The van der Waals surface area contributed by atoms with Crippen molar-refractivity contribution < 1.29 is 24.2 Å². The zero-order chi connectivity index (χ0) is 39.8. The topological polar surface area (TPSA) is 121 Å². The van der Waals surface area contributed by atoms with Crippen LogP contribution >= 0.6 is 0 Å². The average molecular weight is 758 g/mol. The van der Waals surface area contributed by atoms with Gasteiger partial charge < -0.3 is 20.1 Å². The summed E-state index contributed by atoms with van der Waals surface area (Å²) in [6.45, 7) is 5.05. The molecule has 4 rings (SSSR count). The molecule has 1 heterocycles. The number of carbonyl (C=O) groups is 3.